The van der Waals surface area contributed by atoms with Crippen LogP contribution in [0, 0.1) is 0 Å². The number of hydrogen-bond donors (Lipinski definition) is 0. The van der Waals surface area contributed by atoms with E-state index in [0.29, 0.717) is 18.0 Å². The van der Waals surface area contributed by atoms with E-state index in [1.807, 2.05) is 42.5 Å². The largest absolute Gasteiger partial charge is 0.301 e. The molecule has 2 aliphatic rings. The summed E-state index contributed by atoms with van der Waals surface area (Å²) in [5, 5.41) is 7.10. The first kappa shape index (κ1) is 20.1. The van der Waals surface area contributed by atoms with Gasteiger partial charge in [-0.15, -0.1) is 0 Å². The van der Waals surface area contributed by atoms with E-state index in [4.69, 9.17) is 16.7 Å². The van der Waals surface area contributed by atoms with Crippen molar-refractivity contribution in [3.8, 4) is 0 Å². The molecule has 0 spiro atoms. The van der Waals surface area contributed by atoms with E-state index in [1.165, 1.54) is 0 Å². The van der Waals surface area contributed by atoms with Crippen molar-refractivity contribution >= 4 is 23.2 Å². The molecular weight excluding hydrogens is 384 g/mol. The van der Waals surface area contributed by atoms with Crippen molar-refractivity contribution in [3.63, 3.8) is 0 Å². The van der Waals surface area contributed by atoms with Crippen LogP contribution < -0.4 is 0 Å². The van der Waals surface area contributed by atoms with E-state index in [-0.39, 0.29) is 11.9 Å². The molecule has 152 valence electrons. The minimum atomic E-state index is -0.0908. The van der Waals surface area contributed by atoms with Crippen LogP contribution in [0.2, 0.25) is 5.02 Å². The van der Waals surface area contributed by atoms with Gasteiger partial charge in [-0.2, -0.15) is 5.10 Å². The number of piperazine rings is 1. The Morgan fingerprint density at radius 3 is 2.34 bits per heavy atom. The highest BCUT2D eigenvalue weighted by molar-refractivity contribution is 6.34. The molecule has 2 heterocycles. The van der Waals surface area contributed by atoms with Crippen molar-refractivity contribution < 1.29 is 4.79 Å². The van der Waals surface area contributed by atoms with Crippen LogP contribution in [0.15, 0.2) is 59.7 Å². The molecule has 4 rings (SSSR count). The Labute approximate surface area is 177 Å². The summed E-state index contributed by atoms with van der Waals surface area (Å²) in [4.78, 5) is 17.9. The summed E-state index contributed by atoms with van der Waals surface area (Å²) in [6.07, 6.45) is 0.670. The number of benzene rings is 2. The highest BCUT2D eigenvalue weighted by atomic mass is 35.5. The van der Waals surface area contributed by atoms with Gasteiger partial charge < -0.3 is 4.90 Å². The summed E-state index contributed by atoms with van der Waals surface area (Å²) in [5.41, 5.74) is 2.87. The van der Waals surface area contributed by atoms with Crippen LogP contribution in [0.5, 0.6) is 0 Å². The lowest BCUT2D eigenvalue weighted by atomic mass is 9.98. The van der Waals surface area contributed by atoms with Crippen LogP contribution in [0.1, 0.15) is 30.5 Å². The summed E-state index contributed by atoms with van der Waals surface area (Å²) in [7, 11) is 0. The van der Waals surface area contributed by atoms with Crippen LogP contribution in [0.3, 0.4) is 0 Å². The monoisotopic (exact) mass is 410 g/mol. The summed E-state index contributed by atoms with van der Waals surface area (Å²) >= 11 is 6.41. The van der Waals surface area contributed by atoms with Crippen LogP contribution in [-0.2, 0) is 4.79 Å². The van der Waals surface area contributed by atoms with Gasteiger partial charge in [0.15, 0.2) is 0 Å². The van der Waals surface area contributed by atoms with E-state index in [0.717, 1.165) is 49.6 Å². The molecule has 0 N–H and O–H groups in total. The highest BCUT2D eigenvalue weighted by Crippen LogP contribution is 2.34. The second kappa shape index (κ2) is 9.08. The average molecular weight is 411 g/mol. The molecule has 2 aliphatic heterocycles. The summed E-state index contributed by atoms with van der Waals surface area (Å²) in [6, 6.07) is 17.8. The van der Waals surface area contributed by atoms with Crippen molar-refractivity contribution in [1.29, 1.82) is 0 Å². The van der Waals surface area contributed by atoms with Crippen LogP contribution in [-0.4, -0.2) is 65.7 Å². The molecule has 1 fully saturated rings. The first-order chi connectivity index (χ1) is 14.2. The predicted molar refractivity (Wildman–Crippen MR) is 117 cm³/mol. The van der Waals surface area contributed by atoms with E-state index in [1.54, 1.807) is 5.01 Å². The zero-order valence-corrected chi connectivity index (χ0v) is 17.6. The Balaban J connectivity index is 1.55. The standard InChI is InChI=1S/C23H27ClN4O/c1-2-26-12-14-27(15-13-26)17-23(29)28-22(18-8-4-3-5-9-18)16-21(25-28)19-10-6-7-11-20(19)24/h3-11,22H,2,12-17H2,1H3/t22-/m0/s1. The minimum Gasteiger partial charge on any atom is -0.301 e. The number of carbonyl (C=O) groups excluding carboxylic acids is 1. The van der Waals surface area contributed by atoms with Gasteiger partial charge in [0.2, 0.25) is 0 Å². The van der Waals surface area contributed by atoms with Gasteiger partial charge in [-0.05, 0) is 18.2 Å². The lowest BCUT2D eigenvalue weighted by Crippen LogP contribution is -2.49. The fourth-order valence-electron chi connectivity index (χ4n) is 4.06. The number of halogens is 1. The lowest BCUT2D eigenvalue weighted by Gasteiger charge is -2.34. The summed E-state index contributed by atoms with van der Waals surface area (Å²) in [6.45, 7) is 7.52. The third-order valence-electron chi connectivity index (χ3n) is 5.81. The zero-order chi connectivity index (χ0) is 20.2. The number of carbonyl (C=O) groups is 1. The molecule has 0 unspecified atom stereocenters. The van der Waals surface area contributed by atoms with Crippen LogP contribution in [0.25, 0.3) is 0 Å². The molecule has 2 aromatic rings. The quantitative estimate of drug-likeness (QED) is 0.755. The van der Waals surface area contributed by atoms with Gasteiger partial charge in [-0.1, -0.05) is 67.1 Å². The normalized spacial score (nSPS) is 20.7. The number of rotatable bonds is 5. The third-order valence-corrected chi connectivity index (χ3v) is 6.14. The SMILES string of the molecule is CCN1CCN(CC(=O)N2N=C(c3ccccc3Cl)C[C@H]2c2ccccc2)CC1. The average Bonchev–Trinajstić information content (AvgIpc) is 3.21. The van der Waals surface area contributed by atoms with Gasteiger partial charge in [0, 0.05) is 43.2 Å². The van der Waals surface area contributed by atoms with Gasteiger partial charge in [0.25, 0.3) is 5.91 Å². The Morgan fingerprint density at radius 2 is 1.66 bits per heavy atom. The zero-order valence-electron chi connectivity index (χ0n) is 16.8. The first-order valence-corrected chi connectivity index (χ1v) is 10.7. The molecular formula is C23H27ClN4O. The second-order valence-corrected chi connectivity index (χ2v) is 8.01. The second-order valence-electron chi connectivity index (χ2n) is 7.61. The summed E-state index contributed by atoms with van der Waals surface area (Å²) < 4.78 is 0. The van der Waals surface area contributed by atoms with Crippen molar-refractivity contribution in [1.82, 2.24) is 14.8 Å². The van der Waals surface area contributed by atoms with Crippen molar-refractivity contribution in [2.45, 2.75) is 19.4 Å². The molecule has 1 atom stereocenters. The minimum absolute atomic E-state index is 0.0471. The maximum atomic E-state index is 13.2. The number of likely N-dealkylation sites (N-methyl/N-ethyl adjacent to an activating group) is 1. The van der Waals surface area contributed by atoms with Gasteiger partial charge >= 0.3 is 0 Å². The van der Waals surface area contributed by atoms with Crippen LogP contribution in [0.4, 0.5) is 0 Å². The van der Waals surface area contributed by atoms with Gasteiger partial charge in [-0.3, -0.25) is 9.69 Å². The Kier molecular flexibility index (Phi) is 6.28. The molecule has 0 saturated carbocycles. The smallest absolute Gasteiger partial charge is 0.257 e. The molecule has 0 radical (unpaired) electrons. The topological polar surface area (TPSA) is 39.1 Å². The number of hydrogen-bond acceptors (Lipinski definition) is 4. The summed E-state index contributed by atoms with van der Waals surface area (Å²) in [5.74, 6) is 0.0471. The molecule has 0 bridgehead atoms. The Hall–Kier alpha value is -2.21. The molecule has 29 heavy (non-hydrogen) atoms. The van der Waals surface area contributed by atoms with Crippen molar-refractivity contribution in [2.24, 2.45) is 5.10 Å². The van der Waals surface area contributed by atoms with Gasteiger partial charge in [0.05, 0.1) is 18.3 Å². The maximum Gasteiger partial charge on any atom is 0.257 e. The molecule has 5 nitrogen and oxygen atoms in total. The van der Waals surface area contributed by atoms with Crippen molar-refractivity contribution in [2.75, 3.05) is 39.3 Å². The molecule has 6 heteroatoms. The van der Waals surface area contributed by atoms with Crippen LogP contribution >= 0.6 is 11.6 Å². The third kappa shape index (κ3) is 4.53. The first-order valence-electron chi connectivity index (χ1n) is 10.3. The molecule has 0 aliphatic carbocycles. The van der Waals surface area contributed by atoms with Gasteiger partial charge in [-0.25, -0.2) is 5.01 Å². The Bertz CT molecular complexity index is 877. The lowest BCUT2D eigenvalue weighted by molar-refractivity contribution is -0.134. The molecule has 1 saturated heterocycles. The predicted octanol–water partition coefficient (Wildman–Crippen LogP) is 3.66. The molecule has 0 aromatic heterocycles. The van der Waals surface area contributed by atoms with E-state index in [2.05, 4.69) is 28.9 Å². The number of amides is 1. The Morgan fingerprint density at radius 1 is 1.00 bits per heavy atom. The number of nitrogens with zero attached hydrogens (tertiary/aromatic N) is 4. The van der Waals surface area contributed by atoms with E-state index < -0.39 is 0 Å². The highest BCUT2D eigenvalue weighted by Gasteiger charge is 2.34. The van der Waals surface area contributed by atoms with Gasteiger partial charge in [0.1, 0.15) is 0 Å². The van der Waals surface area contributed by atoms with Crippen molar-refractivity contribution in [3.05, 3.63) is 70.7 Å². The fourth-order valence-corrected chi connectivity index (χ4v) is 4.31. The molecule has 2 aromatic carbocycles. The maximum absolute atomic E-state index is 13.2. The fraction of sp³-hybridized carbons (Fsp3) is 0.391. The van der Waals surface area contributed by atoms with E-state index in [9.17, 15) is 4.79 Å². The number of hydrazone groups is 1. The molecule has 1 amide bonds. The van der Waals surface area contributed by atoms with E-state index >= 15 is 0 Å².